The summed E-state index contributed by atoms with van der Waals surface area (Å²) in [5.41, 5.74) is 6.75. The third kappa shape index (κ3) is 6.12. The Kier molecular flexibility index (Phi) is 7.02. The monoisotopic (exact) mass is 356 g/mol. The largest absolute Gasteiger partial charge is 0.494 e. The molecule has 0 saturated heterocycles. The molecule has 0 spiro atoms. The Labute approximate surface area is 153 Å². The second kappa shape index (κ2) is 9.46. The van der Waals surface area contributed by atoms with Gasteiger partial charge in [0.1, 0.15) is 11.5 Å². The number of rotatable bonds is 7. The number of amides is 2. The molecule has 0 fully saturated rings. The number of carbonyl (C=O) groups is 2. The maximum Gasteiger partial charge on any atom is 0.279 e. The van der Waals surface area contributed by atoms with Crippen LogP contribution in [0, 0.1) is 6.92 Å². The number of aryl methyl sites for hydroxylation is 1. The van der Waals surface area contributed by atoms with Gasteiger partial charge in [-0.1, -0.05) is 29.8 Å². The first-order chi connectivity index (χ1) is 12.5. The summed E-state index contributed by atoms with van der Waals surface area (Å²) in [6, 6.07) is 14.6. The van der Waals surface area contributed by atoms with Crippen molar-refractivity contribution in [2.75, 3.05) is 6.61 Å². The van der Waals surface area contributed by atoms with Gasteiger partial charge in [0.15, 0.2) is 6.10 Å². The Morgan fingerprint density at radius 3 is 2.38 bits per heavy atom. The molecular weight excluding hydrogens is 332 g/mol. The van der Waals surface area contributed by atoms with Gasteiger partial charge < -0.3 is 9.47 Å². The Morgan fingerprint density at radius 2 is 1.73 bits per heavy atom. The number of hydrogen-bond donors (Lipinski definition) is 2. The van der Waals surface area contributed by atoms with Crippen molar-refractivity contribution >= 4 is 11.8 Å². The summed E-state index contributed by atoms with van der Waals surface area (Å²) in [4.78, 5) is 24.0. The fourth-order valence-electron chi connectivity index (χ4n) is 2.32. The molecule has 2 aromatic carbocycles. The van der Waals surface area contributed by atoms with E-state index in [0.29, 0.717) is 12.4 Å². The van der Waals surface area contributed by atoms with Crippen LogP contribution in [-0.2, 0) is 16.0 Å². The molecule has 2 aromatic rings. The molecule has 0 aliphatic rings. The van der Waals surface area contributed by atoms with Crippen LogP contribution in [0.15, 0.2) is 48.5 Å². The Hall–Kier alpha value is -3.02. The molecule has 0 radical (unpaired) electrons. The molecule has 1 atom stereocenters. The number of ether oxygens (including phenoxy) is 2. The number of nitrogens with one attached hydrogen (secondary N) is 2. The van der Waals surface area contributed by atoms with E-state index in [1.807, 2.05) is 38.1 Å². The minimum atomic E-state index is -0.757. The predicted octanol–water partition coefficient (Wildman–Crippen LogP) is 2.55. The van der Waals surface area contributed by atoms with E-state index in [9.17, 15) is 9.59 Å². The molecule has 0 aliphatic carbocycles. The van der Waals surface area contributed by atoms with Crippen LogP contribution in [-0.4, -0.2) is 24.5 Å². The average Bonchev–Trinajstić information content (AvgIpc) is 2.61. The molecular formula is C20H24N2O4. The molecule has 2 amide bonds. The summed E-state index contributed by atoms with van der Waals surface area (Å²) in [6.45, 7) is 6.06. The van der Waals surface area contributed by atoms with E-state index >= 15 is 0 Å². The summed E-state index contributed by atoms with van der Waals surface area (Å²) >= 11 is 0. The smallest absolute Gasteiger partial charge is 0.279 e. The van der Waals surface area contributed by atoms with Crippen molar-refractivity contribution in [2.45, 2.75) is 33.3 Å². The molecule has 6 nitrogen and oxygen atoms in total. The van der Waals surface area contributed by atoms with E-state index in [2.05, 4.69) is 10.9 Å². The van der Waals surface area contributed by atoms with Crippen LogP contribution in [0.25, 0.3) is 0 Å². The second-order valence-electron chi connectivity index (χ2n) is 5.87. The van der Waals surface area contributed by atoms with Crippen molar-refractivity contribution in [1.29, 1.82) is 0 Å². The van der Waals surface area contributed by atoms with Crippen LogP contribution in [0.3, 0.4) is 0 Å². The topological polar surface area (TPSA) is 76.7 Å². The zero-order valence-corrected chi connectivity index (χ0v) is 15.2. The molecule has 138 valence electrons. The first kappa shape index (κ1) is 19.3. The van der Waals surface area contributed by atoms with Gasteiger partial charge in [0, 0.05) is 0 Å². The summed E-state index contributed by atoms with van der Waals surface area (Å²) in [6.07, 6.45) is -0.567. The van der Waals surface area contributed by atoms with Gasteiger partial charge in [-0.3, -0.25) is 20.4 Å². The van der Waals surface area contributed by atoms with E-state index in [4.69, 9.17) is 9.47 Å². The van der Waals surface area contributed by atoms with Gasteiger partial charge in [0.05, 0.1) is 13.0 Å². The fraction of sp³-hybridized carbons (Fsp3) is 0.300. The van der Waals surface area contributed by atoms with Gasteiger partial charge in [0.2, 0.25) is 5.91 Å². The molecule has 2 rings (SSSR count). The molecule has 0 heterocycles. The van der Waals surface area contributed by atoms with Crippen molar-refractivity contribution in [3.63, 3.8) is 0 Å². The first-order valence-electron chi connectivity index (χ1n) is 8.51. The van der Waals surface area contributed by atoms with Crippen molar-refractivity contribution in [1.82, 2.24) is 10.9 Å². The molecule has 2 N–H and O–H groups in total. The van der Waals surface area contributed by atoms with E-state index < -0.39 is 12.0 Å². The van der Waals surface area contributed by atoms with Gasteiger partial charge in [-0.2, -0.15) is 0 Å². The lowest BCUT2D eigenvalue weighted by atomic mass is 10.1. The Balaban J connectivity index is 1.78. The summed E-state index contributed by atoms with van der Waals surface area (Å²) in [5, 5.41) is 0. The van der Waals surface area contributed by atoms with Crippen molar-refractivity contribution < 1.29 is 19.1 Å². The third-order valence-electron chi connectivity index (χ3n) is 3.59. The first-order valence-corrected chi connectivity index (χ1v) is 8.51. The Bertz CT molecular complexity index is 744. The summed E-state index contributed by atoms with van der Waals surface area (Å²) < 4.78 is 10.9. The Morgan fingerprint density at radius 1 is 1.04 bits per heavy atom. The quantitative estimate of drug-likeness (QED) is 0.748. The highest BCUT2D eigenvalue weighted by atomic mass is 16.5. The molecule has 0 saturated carbocycles. The average molecular weight is 356 g/mol. The highest BCUT2D eigenvalue weighted by Gasteiger charge is 2.15. The highest BCUT2D eigenvalue weighted by Crippen LogP contribution is 2.18. The lowest BCUT2D eigenvalue weighted by molar-refractivity contribution is -0.132. The SMILES string of the molecule is CCOc1ccc(OC(C)C(=O)NNC(=O)Cc2cccc(C)c2)cc1. The number of hydrogen-bond acceptors (Lipinski definition) is 4. The third-order valence-corrected chi connectivity index (χ3v) is 3.59. The van der Waals surface area contributed by atoms with Crippen LogP contribution in [0.2, 0.25) is 0 Å². The van der Waals surface area contributed by atoms with Gasteiger partial charge in [-0.25, -0.2) is 0 Å². The molecule has 0 aliphatic heterocycles. The maximum absolute atomic E-state index is 12.1. The predicted molar refractivity (Wildman–Crippen MR) is 98.9 cm³/mol. The lowest BCUT2D eigenvalue weighted by Crippen LogP contribution is -2.47. The number of carbonyl (C=O) groups excluding carboxylic acids is 2. The number of hydrazine groups is 1. The van der Waals surface area contributed by atoms with Crippen LogP contribution >= 0.6 is 0 Å². The van der Waals surface area contributed by atoms with Crippen molar-refractivity contribution in [3.8, 4) is 11.5 Å². The lowest BCUT2D eigenvalue weighted by Gasteiger charge is -2.15. The van der Waals surface area contributed by atoms with Gasteiger partial charge in [0.25, 0.3) is 5.91 Å². The maximum atomic E-state index is 12.1. The van der Waals surface area contributed by atoms with Crippen molar-refractivity contribution in [3.05, 3.63) is 59.7 Å². The van der Waals surface area contributed by atoms with Crippen LogP contribution in [0.5, 0.6) is 11.5 Å². The molecule has 0 bridgehead atoms. The van der Waals surface area contributed by atoms with Gasteiger partial charge in [-0.15, -0.1) is 0 Å². The van der Waals surface area contributed by atoms with Crippen LogP contribution in [0.4, 0.5) is 0 Å². The van der Waals surface area contributed by atoms with Gasteiger partial charge in [-0.05, 0) is 50.6 Å². The summed E-state index contributed by atoms with van der Waals surface area (Å²) in [7, 11) is 0. The molecule has 6 heteroatoms. The molecule has 1 unspecified atom stereocenters. The van der Waals surface area contributed by atoms with E-state index in [1.165, 1.54) is 0 Å². The normalized spacial score (nSPS) is 11.3. The van der Waals surface area contributed by atoms with E-state index in [-0.39, 0.29) is 12.3 Å². The highest BCUT2D eigenvalue weighted by molar-refractivity contribution is 5.85. The number of benzene rings is 2. The minimum Gasteiger partial charge on any atom is -0.494 e. The molecule has 0 aromatic heterocycles. The minimum absolute atomic E-state index is 0.191. The zero-order valence-electron chi connectivity index (χ0n) is 15.2. The van der Waals surface area contributed by atoms with Crippen molar-refractivity contribution in [2.24, 2.45) is 0 Å². The van der Waals surface area contributed by atoms with Crippen LogP contribution in [0.1, 0.15) is 25.0 Å². The molecule has 26 heavy (non-hydrogen) atoms. The van der Waals surface area contributed by atoms with E-state index in [0.717, 1.165) is 16.9 Å². The van der Waals surface area contributed by atoms with Crippen LogP contribution < -0.4 is 20.3 Å². The van der Waals surface area contributed by atoms with Gasteiger partial charge >= 0.3 is 0 Å². The standard InChI is InChI=1S/C20H24N2O4/c1-4-25-17-8-10-18(11-9-17)26-15(3)20(24)22-21-19(23)13-16-7-5-6-14(2)12-16/h5-12,15H,4,13H2,1-3H3,(H,21,23)(H,22,24). The fourth-order valence-corrected chi connectivity index (χ4v) is 2.32. The van der Waals surface area contributed by atoms with E-state index in [1.54, 1.807) is 31.2 Å². The zero-order chi connectivity index (χ0) is 18.9. The second-order valence-corrected chi connectivity index (χ2v) is 5.87. The summed E-state index contributed by atoms with van der Waals surface area (Å²) in [5.74, 6) is 0.552.